The van der Waals surface area contributed by atoms with E-state index in [0.717, 1.165) is 0 Å². The van der Waals surface area contributed by atoms with Crippen molar-refractivity contribution in [3.8, 4) is 0 Å². The molecule has 0 fully saturated rings. The topological polar surface area (TPSA) is 0 Å². The molecule has 2 heteroatoms. The second kappa shape index (κ2) is 5.08. The molecule has 66 valence electrons. The molecule has 0 heterocycles. The van der Waals surface area contributed by atoms with Crippen molar-refractivity contribution in [3.05, 3.63) is 0 Å². The van der Waals surface area contributed by atoms with Crippen LogP contribution >= 0.6 is 0 Å². The van der Waals surface area contributed by atoms with Gasteiger partial charge in [-0.15, -0.1) is 0 Å². The fraction of sp³-hybridized carbons (Fsp3) is 1.00. The Hall–Kier alpha value is 1.25. The molecule has 0 amide bonds. The van der Waals surface area contributed by atoms with E-state index in [1.54, 1.807) is 0 Å². The molecule has 0 aromatic carbocycles. The Bertz CT molecular complexity index is 84.6. The van der Waals surface area contributed by atoms with Gasteiger partial charge in [0.25, 0.3) is 0 Å². The van der Waals surface area contributed by atoms with Crippen molar-refractivity contribution in [2.24, 2.45) is 0 Å². The van der Waals surface area contributed by atoms with E-state index in [0.29, 0.717) is 0 Å². The summed E-state index contributed by atoms with van der Waals surface area (Å²) in [5, 5.41) is 2.62. The zero-order valence-electron chi connectivity index (χ0n) is 8.91. The molecule has 0 aromatic heterocycles. The maximum absolute atomic E-state index is 2.62. The second-order valence-electron chi connectivity index (χ2n) is 4.33. The zero-order chi connectivity index (χ0) is 8.28. The maximum atomic E-state index is 2.62. The smallest absolute Gasteiger partial charge is 0 e. The summed E-state index contributed by atoms with van der Waals surface area (Å²) in [5.74, 6) is 0. The van der Waals surface area contributed by atoms with Gasteiger partial charge in [0.15, 0.2) is 0 Å². The van der Waals surface area contributed by atoms with Crippen molar-refractivity contribution < 1.29 is 15.3 Å². The molecule has 3 radical (unpaired) electrons. The van der Waals surface area contributed by atoms with Gasteiger partial charge in [0.2, 0.25) is 0 Å². The Morgan fingerprint density at radius 2 is 0.909 bits per heavy atom. The molecular formula is C9H23AlTi. The largest absolute Gasteiger partial charge is 0 e. The van der Waals surface area contributed by atoms with Crippen molar-refractivity contribution in [2.45, 2.75) is 51.8 Å². The summed E-state index contributed by atoms with van der Waals surface area (Å²) in [6, 6.07) is 0. The van der Waals surface area contributed by atoms with Gasteiger partial charge in [-0.25, -0.2) is 0 Å². The molecule has 0 N–H and O–H groups in total. The summed E-state index contributed by atoms with van der Waals surface area (Å²) in [6.07, 6.45) is 0. The molecule has 0 atom stereocenters. The van der Waals surface area contributed by atoms with Crippen LogP contribution in [0.4, 0.5) is 0 Å². The summed E-state index contributed by atoms with van der Waals surface area (Å²) in [4.78, 5) is 0. The third-order valence-electron chi connectivity index (χ3n) is 4.41. The van der Waals surface area contributed by atoms with Crippen LogP contribution in [0.3, 0.4) is 0 Å². The molecule has 0 saturated heterocycles. The summed E-state index contributed by atoms with van der Waals surface area (Å²) in [7, 11) is 0. The van der Waals surface area contributed by atoms with E-state index < -0.39 is 15.3 Å². The quantitative estimate of drug-likeness (QED) is 0.607. The van der Waals surface area contributed by atoms with Crippen LogP contribution in [0.1, 0.15) is 27.7 Å². The van der Waals surface area contributed by atoms with Gasteiger partial charge >= 0.3 is 67.1 Å². The van der Waals surface area contributed by atoms with E-state index in [1.165, 1.54) is 18.9 Å². The van der Waals surface area contributed by atoms with Crippen molar-refractivity contribution in [1.82, 2.24) is 0 Å². The minimum atomic E-state index is -1.81. The van der Waals surface area contributed by atoms with Crippen LogP contribution in [-0.4, -0.2) is 17.4 Å². The first-order chi connectivity index (χ1) is 4.54. The Morgan fingerprint density at radius 3 is 0.909 bits per heavy atom. The summed E-state index contributed by atoms with van der Waals surface area (Å²) < 4.78 is 6.00. The van der Waals surface area contributed by atoms with E-state index in [2.05, 4.69) is 32.9 Å². The SMILES string of the molecule is C[CH2][Ti]([CH3])([CH2]C)([CH2]C)[CH2]C.[Al]. The first kappa shape index (κ1) is 14.8. The average molecular weight is 206 g/mol. The molecule has 0 bridgehead atoms. The molecule has 0 aliphatic carbocycles. The predicted molar refractivity (Wildman–Crippen MR) is 53.5 cm³/mol. The van der Waals surface area contributed by atoms with E-state index >= 15 is 0 Å². The van der Waals surface area contributed by atoms with Crippen LogP contribution in [-0.2, 0) is 15.3 Å². The van der Waals surface area contributed by atoms with Crippen molar-refractivity contribution in [3.63, 3.8) is 0 Å². The predicted octanol–water partition coefficient (Wildman–Crippen LogP) is 4.10. The average Bonchev–Trinajstić information content (AvgIpc) is 2.04. The summed E-state index contributed by atoms with van der Waals surface area (Å²) >= 11 is -1.81. The van der Waals surface area contributed by atoms with E-state index in [1.807, 2.05) is 0 Å². The second-order valence-corrected chi connectivity index (χ2v) is 17.8. The van der Waals surface area contributed by atoms with Crippen molar-refractivity contribution in [2.75, 3.05) is 0 Å². The first-order valence-electron chi connectivity index (χ1n) is 4.74. The van der Waals surface area contributed by atoms with Crippen LogP contribution in [0, 0.1) is 0 Å². The Balaban J connectivity index is 0. The van der Waals surface area contributed by atoms with E-state index in [4.69, 9.17) is 0 Å². The Kier molecular flexibility index (Phi) is 6.81. The number of hydrogen-bond donors (Lipinski definition) is 0. The minimum absolute atomic E-state index is 0. The normalized spacial score (nSPS) is 14.8. The molecule has 11 heavy (non-hydrogen) atoms. The van der Waals surface area contributed by atoms with Crippen LogP contribution < -0.4 is 0 Å². The third-order valence-corrected chi connectivity index (χ3v) is 18.2. The monoisotopic (exact) mass is 206 g/mol. The number of hydrogen-bond acceptors (Lipinski definition) is 0. The van der Waals surface area contributed by atoms with Gasteiger partial charge in [-0.05, 0) is 0 Å². The molecular weight excluding hydrogens is 183 g/mol. The Morgan fingerprint density at radius 1 is 0.727 bits per heavy atom. The van der Waals surface area contributed by atoms with Gasteiger partial charge < -0.3 is 0 Å². The van der Waals surface area contributed by atoms with Crippen LogP contribution in [0.5, 0.6) is 0 Å². The fourth-order valence-electron chi connectivity index (χ4n) is 1.50. The van der Waals surface area contributed by atoms with Crippen molar-refractivity contribution in [1.29, 1.82) is 0 Å². The molecule has 0 unspecified atom stereocenters. The fourth-order valence-corrected chi connectivity index (χ4v) is 6.18. The molecule has 0 nitrogen and oxygen atoms in total. The molecule has 0 aliphatic heterocycles. The first-order valence-corrected chi connectivity index (χ1v) is 10.7. The van der Waals surface area contributed by atoms with Crippen LogP contribution in [0.2, 0.25) is 24.1 Å². The van der Waals surface area contributed by atoms with Gasteiger partial charge in [-0.3, -0.25) is 0 Å². The molecule has 0 aliphatic rings. The maximum Gasteiger partial charge on any atom is 0 e. The van der Waals surface area contributed by atoms with Crippen LogP contribution in [0.15, 0.2) is 0 Å². The van der Waals surface area contributed by atoms with Gasteiger partial charge in [-0.1, -0.05) is 0 Å². The van der Waals surface area contributed by atoms with E-state index in [9.17, 15) is 0 Å². The van der Waals surface area contributed by atoms with Gasteiger partial charge in [0, 0.05) is 17.4 Å². The van der Waals surface area contributed by atoms with Gasteiger partial charge in [0.1, 0.15) is 0 Å². The molecule has 0 saturated carbocycles. The summed E-state index contributed by atoms with van der Waals surface area (Å²) in [5.41, 5.74) is 0. The van der Waals surface area contributed by atoms with Crippen molar-refractivity contribution >= 4 is 17.4 Å². The third kappa shape index (κ3) is 3.23. The standard InChI is InChI=1S/4C2H5.CH3.Al.Ti/c4*1-2;;;/h4*1H2,2H3;1H3;;. The molecule has 0 aromatic rings. The minimum Gasteiger partial charge on any atom is 0 e. The molecule has 0 rings (SSSR count). The number of rotatable bonds is 4. The molecule has 0 spiro atoms. The summed E-state index contributed by atoms with van der Waals surface area (Å²) in [6.45, 7) is 9.59. The van der Waals surface area contributed by atoms with Crippen LogP contribution in [0.25, 0.3) is 0 Å². The Labute approximate surface area is 84.2 Å². The zero-order valence-corrected chi connectivity index (χ0v) is 11.6. The van der Waals surface area contributed by atoms with Gasteiger partial charge in [0.05, 0.1) is 0 Å². The van der Waals surface area contributed by atoms with Gasteiger partial charge in [-0.2, -0.15) is 0 Å². The van der Waals surface area contributed by atoms with E-state index in [-0.39, 0.29) is 17.4 Å².